The van der Waals surface area contributed by atoms with Gasteiger partial charge in [0, 0.05) is 16.2 Å². The van der Waals surface area contributed by atoms with Crippen LogP contribution in [0.4, 0.5) is 5.82 Å². The number of halogens is 1. The lowest BCUT2D eigenvalue weighted by atomic mass is 10.1. The Kier molecular flexibility index (Phi) is 2.73. The van der Waals surface area contributed by atoms with E-state index in [2.05, 4.69) is 26.2 Å². The van der Waals surface area contributed by atoms with Crippen LogP contribution >= 0.6 is 15.9 Å². The number of nitrogens with one attached hydrogen (secondary N) is 1. The van der Waals surface area contributed by atoms with Gasteiger partial charge in [0.05, 0.1) is 18.4 Å². The van der Waals surface area contributed by atoms with Crippen LogP contribution in [0.25, 0.3) is 5.57 Å². The zero-order valence-corrected chi connectivity index (χ0v) is 9.67. The molecule has 15 heavy (non-hydrogen) atoms. The van der Waals surface area contributed by atoms with Crippen LogP contribution in [0.3, 0.4) is 0 Å². The third-order valence-electron chi connectivity index (χ3n) is 1.99. The van der Waals surface area contributed by atoms with Crippen LogP contribution in [0, 0.1) is 0 Å². The van der Waals surface area contributed by atoms with Gasteiger partial charge in [0.25, 0.3) is 5.91 Å². The maximum atomic E-state index is 11.5. The Morgan fingerprint density at radius 1 is 1.67 bits per heavy atom. The van der Waals surface area contributed by atoms with E-state index < -0.39 is 0 Å². The molecular weight excluding hydrogens is 260 g/mol. The van der Waals surface area contributed by atoms with Crippen LogP contribution < -0.4 is 5.32 Å². The normalized spacial score (nSPS) is 16.4. The van der Waals surface area contributed by atoms with Gasteiger partial charge < -0.3 is 10.1 Å². The average Bonchev–Trinajstić information content (AvgIpc) is 2.51. The highest BCUT2D eigenvalue weighted by atomic mass is 79.9. The van der Waals surface area contributed by atoms with Gasteiger partial charge in [-0.25, -0.2) is 4.98 Å². The number of amides is 1. The molecule has 0 fully saturated rings. The molecule has 1 aromatic rings. The molecule has 2 rings (SSSR count). The van der Waals surface area contributed by atoms with E-state index in [4.69, 9.17) is 4.74 Å². The van der Waals surface area contributed by atoms with Crippen molar-refractivity contribution < 1.29 is 9.53 Å². The fourth-order valence-corrected chi connectivity index (χ4v) is 1.66. The minimum atomic E-state index is -0.177. The number of anilines is 1. The molecule has 0 unspecified atom stereocenters. The number of fused-ring (bicyclic) bond motifs is 1. The van der Waals surface area contributed by atoms with E-state index in [1.165, 1.54) is 6.26 Å². The molecule has 1 aliphatic heterocycles. The van der Waals surface area contributed by atoms with Crippen molar-refractivity contribution in [2.45, 2.75) is 6.92 Å². The zero-order chi connectivity index (χ0) is 10.8. The summed E-state index contributed by atoms with van der Waals surface area (Å²) in [5.74, 6) is 0.401. The molecule has 1 aromatic heterocycles. The zero-order valence-electron chi connectivity index (χ0n) is 8.08. The number of nitrogens with zero attached hydrogens (tertiary/aromatic N) is 1. The Labute approximate surface area is 95.5 Å². The van der Waals surface area contributed by atoms with E-state index in [0.717, 1.165) is 10.0 Å². The molecule has 2 heterocycles. The second-order valence-electron chi connectivity index (χ2n) is 2.99. The number of carbonyl (C=O) groups is 1. The maximum absolute atomic E-state index is 11.5. The van der Waals surface area contributed by atoms with Crippen LogP contribution in [0.1, 0.15) is 12.5 Å². The molecule has 4 nitrogen and oxygen atoms in total. The van der Waals surface area contributed by atoms with Crippen molar-refractivity contribution in [3.8, 4) is 0 Å². The number of hydrogen-bond acceptors (Lipinski definition) is 3. The van der Waals surface area contributed by atoms with Crippen molar-refractivity contribution in [2.75, 3.05) is 11.9 Å². The fourth-order valence-electron chi connectivity index (χ4n) is 1.33. The first-order chi connectivity index (χ1) is 7.22. The number of carbonyl (C=O) groups excluding carboxylic acids is 1. The van der Waals surface area contributed by atoms with Crippen LogP contribution in [0.5, 0.6) is 0 Å². The Morgan fingerprint density at radius 3 is 3.20 bits per heavy atom. The molecule has 0 aliphatic carbocycles. The van der Waals surface area contributed by atoms with Crippen LogP contribution in [-0.2, 0) is 9.53 Å². The first-order valence-corrected chi connectivity index (χ1v) is 5.30. The smallest absolute Gasteiger partial charge is 0.260 e. The Morgan fingerprint density at radius 2 is 2.47 bits per heavy atom. The highest BCUT2D eigenvalue weighted by Gasteiger charge is 2.25. The highest BCUT2D eigenvalue weighted by Crippen LogP contribution is 2.31. The lowest BCUT2D eigenvalue weighted by Gasteiger charge is -1.98. The summed E-state index contributed by atoms with van der Waals surface area (Å²) in [6.45, 7) is 2.40. The molecule has 0 atom stereocenters. The van der Waals surface area contributed by atoms with E-state index in [9.17, 15) is 4.79 Å². The second-order valence-corrected chi connectivity index (χ2v) is 3.91. The highest BCUT2D eigenvalue weighted by molar-refractivity contribution is 9.10. The van der Waals surface area contributed by atoms with E-state index in [1.807, 2.05) is 13.0 Å². The number of hydrogen-bond donors (Lipinski definition) is 1. The van der Waals surface area contributed by atoms with Gasteiger partial charge in [-0.05, 0) is 28.9 Å². The topological polar surface area (TPSA) is 51.2 Å². The van der Waals surface area contributed by atoms with Crippen LogP contribution in [0.15, 0.2) is 23.0 Å². The summed E-state index contributed by atoms with van der Waals surface area (Å²) in [7, 11) is 0. The van der Waals surface area contributed by atoms with Crippen molar-refractivity contribution in [2.24, 2.45) is 0 Å². The van der Waals surface area contributed by atoms with Gasteiger partial charge in [-0.1, -0.05) is 0 Å². The Bertz CT molecular complexity index is 443. The van der Waals surface area contributed by atoms with Crippen LogP contribution in [0.2, 0.25) is 0 Å². The monoisotopic (exact) mass is 268 g/mol. The van der Waals surface area contributed by atoms with E-state index in [0.29, 0.717) is 18.0 Å². The van der Waals surface area contributed by atoms with Gasteiger partial charge >= 0.3 is 0 Å². The summed E-state index contributed by atoms with van der Waals surface area (Å²) < 4.78 is 5.95. The van der Waals surface area contributed by atoms with E-state index in [-0.39, 0.29) is 5.91 Å². The number of aromatic nitrogens is 1. The molecule has 1 aliphatic rings. The molecule has 1 amide bonds. The average molecular weight is 269 g/mol. The Balaban J connectivity index is 2.44. The van der Waals surface area contributed by atoms with Gasteiger partial charge in [0.2, 0.25) is 0 Å². The predicted molar refractivity (Wildman–Crippen MR) is 60.2 cm³/mol. The van der Waals surface area contributed by atoms with Gasteiger partial charge in [-0.15, -0.1) is 0 Å². The molecule has 78 valence electrons. The number of ether oxygens (including phenoxy) is 1. The lowest BCUT2D eigenvalue weighted by molar-refractivity contribution is -0.110. The Hall–Kier alpha value is -1.36. The van der Waals surface area contributed by atoms with Gasteiger partial charge in [0.15, 0.2) is 0 Å². The van der Waals surface area contributed by atoms with Crippen molar-refractivity contribution in [3.63, 3.8) is 0 Å². The van der Waals surface area contributed by atoms with Gasteiger partial charge in [0.1, 0.15) is 5.82 Å². The molecular formula is C10H9BrN2O2. The molecule has 5 heteroatoms. The predicted octanol–water partition coefficient (Wildman–Crippen LogP) is 2.17. The lowest BCUT2D eigenvalue weighted by Crippen LogP contribution is -2.04. The third kappa shape index (κ3) is 1.87. The van der Waals surface area contributed by atoms with Gasteiger partial charge in [-0.2, -0.15) is 0 Å². The summed E-state index contributed by atoms with van der Waals surface area (Å²) in [5, 5.41) is 2.66. The molecule has 0 saturated heterocycles. The third-order valence-corrected chi connectivity index (χ3v) is 2.42. The maximum Gasteiger partial charge on any atom is 0.260 e. The summed E-state index contributed by atoms with van der Waals surface area (Å²) in [6, 6.07) is 1.84. The summed E-state index contributed by atoms with van der Waals surface area (Å²) in [4.78, 5) is 15.6. The molecule has 0 spiro atoms. The largest absolute Gasteiger partial charge is 0.501 e. The summed E-state index contributed by atoms with van der Waals surface area (Å²) in [6.07, 6.45) is 3.11. The van der Waals surface area contributed by atoms with Crippen molar-refractivity contribution in [1.82, 2.24) is 4.98 Å². The summed E-state index contributed by atoms with van der Waals surface area (Å²) >= 11 is 3.31. The quantitative estimate of drug-likeness (QED) is 0.661. The molecule has 1 N–H and O–H groups in total. The minimum Gasteiger partial charge on any atom is -0.501 e. The molecule has 0 aromatic carbocycles. The van der Waals surface area contributed by atoms with Crippen molar-refractivity contribution in [1.29, 1.82) is 0 Å². The van der Waals surface area contributed by atoms with E-state index >= 15 is 0 Å². The molecule has 0 radical (unpaired) electrons. The van der Waals surface area contributed by atoms with Crippen LogP contribution in [-0.4, -0.2) is 17.5 Å². The minimum absolute atomic E-state index is 0.177. The second kappa shape index (κ2) is 4.02. The van der Waals surface area contributed by atoms with E-state index in [1.54, 1.807) is 6.20 Å². The summed E-state index contributed by atoms with van der Waals surface area (Å²) in [5.41, 5.74) is 1.28. The van der Waals surface area contributed by atoms with Crippen molar-refractivity contribution in [3.05, 3.63) is 28.6 Å². The fraction of sp³-hybridized carbons (Fsp3) is 0.200. The number of pyridine rings is 1. The van der Waals surface area contributed by atoms with Gasteiger partial charge in [-0.3, -0.25) is 4.79 Å². The molecule has 0 saturated carbocycles. The first kappa shape index (κ1) is 10.2. The first-order valence-electron chi connectivity index (χ1n) is 4.51. The van der Waals surface area contributed by atoms with Crippen molar-refractivity contribution >= 4 is 33.2 Å². The SMILES string of the molecule is CCO/C=C1/C(=O)Nc2ncc(Br)cc21. The number of rotatable bonds is 2. The molecule has 0 bridgehead atoms. The standard InChI is InChI=1S/C10H9BrN2O2/c1-2-15-5-8-7-3-6(11)4-12-9(7)13-10(8)14/h3-5H,2H2,1H3,(H,12,13,14)/b8-5+.